The van der Waals surface area contributed by atoms with Crippen molar-refractivity contribution in [3.63, 3.8) is 0 Å². The van der Waals surface area contributed by atoms with Gasteiger partial charge in [0.2, 0.25) is 0 Å². The Hall–Kier alpha value is -1.21. The van der Waals surface area contributed by atoms with E-state index in [0.717, 1.165) is 0 Å². The van der Waals surface area contributed by atoms with Crippen molar-refractivity contribution in [2.24, 2.45) is 10.7 Å². The lowest BCUT2D eigenvalue weighted by molar-refractivity contribution is 1.04. The van der Waals surface area contributed by atoms with Gasteiger partial charge in [0.1, 0.15) is 0 Å². The van der Waals surface area contributed by atoms with Crippen molar-refractivity contribution < 1.29 is 0 Å². The molecular weight excluding hydrogens is 248 g/mol. The SMILES string of the molecule is CSC(N)=Nc1nc(Cl)c(N(C)C)nc1N. The van der Waals surface area contributed by atoms with Gasteiger partial charge in [-0.2, -0.15) is 0 Å². The molecule has 6 nitrogen and oxygen atoms in total. The van der Waals surface area contributed by atoms with Crippen LogP contribution in [0.4, 0.5) is 17.5 Å². The summed E-state index contributed by atoms with van der Waals surface area (Å²) in [6.45, 7) is 0. The van der Waals surface area contributed by atoms with Crippen LogP contribution in [0.1, 0.15) is 0 Å². The molecule has 0 bridgehead atoms. The number of aliphatic imine (C=N–C) groups is 1. The van der Waals surface area contributed by atoms with Crippen LogP contribution in [0.25, 0.3) is 0 Å². The fraction of sp³-hybridized carbons (Fsp3) is 0.375. The van der Waals surface area contributed by atoms with E-state index in [4.69, 9.17) is 23.1 Å². The minimum Gasteiger partial charge on any atom is -0.380 e. The standard InChI is InChI=1S/C8H13ClN6S/c1-15(2)7-4(9)12-6(5(10)13-7)14-8(11)16-3/h1-3H3,(H2,10,13)(H2,11,12,14). The second kappa shape index (κ2) is 5.22. The number of nitrogens with two attached hydrogens (primary N) is 2. The number of thioether (sulfide) groups is 1. The Morgan fingerprint density at radius 3 is 2.56 bits per heavy atom. The maximum absolute atomic E-state index is 5.94. The highest BCUT2D eigenvalue weighted by atomic mass is 35.5. The van der Waals surface area contributed by atoms with Gasteiger partial charge in [-0.25, -0.2) is 15.0 Å². The van der Waals surface area contributed by atoms with Crippen molar-refractivity contribution in [1.82, 2.24) is 9.97 Å². The Bertz CT molecular complexity index is 419. The number of nitrogens with zero attached hydrogens (tertiary/aromatic N) is 4. The summed E-state index contributed by atoms with van der Waals surface area (Å²) in [5.74, 6) is 0.938. The normalized spacial score (nSPS) is 11.6. The molecule has 0 amide bonds. The molecule has 0 radical (unpaired) electrons. The first-order valence-electron chi connectivity index (χ1n) is 4.34. The summed E-state index contributed by atoms with van der Waals surface area (Å²) in [4.78, 5) is 13.8. The van der Waals surface area contributed by atoms with Crippen LogP contribution in [0.3, 0.4) is 0 Å². The van der Waals surface area contributed by atoms with Gasteiger partial charge < -0.3 is 16.4 Å². The van der Waals surface area contributed by atoms with E-state index in [0.29, 0.717) is 11.0 Å². The summed E-state index contributed by atoms with van der Waals surface area (Å²) in [7, 11) is 3.60. The van der Waals surface area contributed by atoms with Crippen molar-refractivity contribution in [3.8, 4) is 0 Å². The van der Waals surface area contributed by atoms with Gasteiger partial charge in [-0.1, -0.05) is 23.4 Å². The van der Waals surface area contributed by atoms with E-state index in [1.165, 1.54) is 11.8 Å². The second-order valence-electron chi connectivity index (χ2n) is 3.10. The molecule has 1 heterocycles. The molecule has 0 aromatic carbocycles. The number of hydrogen-bond acceptors (Lipinski definition) is 6. The molecule has 0 aliphatic heterocycles. The van der Waals surface area contributed by atoms with Crippen LogP contribution in [-0.4, -0.2) is 35.5 Å². The Balaban J connectivity index is 3.21. The summed E-state index contributed by atoms with van der Waals surface area (Å²) in [5, 5.41) is 0.599. The molecule has 0 saturated carbocycles. The first-order chi connectivity index (χ1) is 7.45. The number of anilines is 2. The third-order valence-electron chi connectivity index (χ3n) is 1.69. The molecule has 0 aliphatic rings. The summed E-state index contributed by atoms with van der Waals surface area (Å²) in [6.07, 6.45) is 1.80. The summed E-state index contributed by atoms with van der Waals surface area (Å²) < 4.78 is 0. The van der Waals surface area contributed by atoms with Crippen LogP contribution in [0.5, 0.6) is 0 Å². The monoisotopic (exact) mass is 260 g/mol. The average Bonchev–Trinajstić information content (AvgIpc) is 2.22. The van der Waals surface area contributed by atoms with Crippen molar-refractivity contribution >= 4 is 46.0 Å². The molecule has 16 heavy (non-hydrogen) atoms. The minimum absolute atomic E-state index is 0.199. The Morgan fingerprint density at radius 1 is 1.44 bits per heavy atom. The van der Waals surface area contributed by atoms with Gasteiger partial charge in [0.05, 0.1) is 0 Å². The van der Waals surface area contributed by atoms with Gasteiger partial charge in [0, 0.05) is 14.1 Å². The summed E-state index contributed by atoms with van der Waals surface area (Å²) >= 11 is 7.23. The molecule has 0 spiro atoms. The molecule has 0 fully saturated rings. The van der Waals surface area contributed by atoms with Gasteiger partial charge in [0.15, 0.2) is 27.8 Å². The Morgan fingerprint density at radius 2 is 2.06 bits per heavy atom. The van der Waals surface area contributed by atoms with Crippen LogP contribution < -0.4 is 16.4 Å². The van der Waals surface area contributed by atoms with Crippen LogP contribution in [0, 0.1) is 0 Å². The van der Waals surface area contributed by atoms with E-state index >= 15 is 0 Å². The molecule has 1 aromatic heterocycles. The fourth-order valence-corrected chi connectivity index (χ4v) is 1.40. The maximum atomic E-state index is 5.94. The maximum Gasteiger partial charge on any atom is 0.199 e. The molecule has 8 heteroatoms. The topological polar surface area (TPSA) is 93.4 Å². The number of amidine groups is 1. The van der Waals surface area contributed by atoms with E-state index in [-0.39, 0.29) is 16.8 Å². The molecule has 0 atom stereocenters. The van der Waals surface area contributed by atoms with Gasteiger partial charge >= 0.3 is 0 Å². The van der Waals surface area contributed by atoms with Gasteiger partial charge in [0.25, 0.3) is 0 Å². The molecule has 4 N–H and O–H groups in total. The lowest BCUT2D eigenvalue weighted by Gasteiger charge is -2.13. The van der Waals surface area contributed by atoms with Crippen molar-refractivity contribution in [2.45, 2.75) is 0 Å². The number of hydrogen-bond donors (Lipinski definition) is 2. The van der Waals surface area contributed by atoms with Crippen molar-refractivity contribution in [1.29, 1.82) is 0 Å². The van der Waals surface area contributed by atoms with E-state index in [9.17, 15) is 0 Å². The third-order valence-corrected chi connectivity index (χ3v) is 2.46. The zero-order chi connectivity index (χ0) is 12.3. The van der Waals surface area contributed by atoms with Crippen molar-refractivity contribution in [2.75, 3.05) is 31.0 Å². The summed E-state index contributed by atoms with van der Waals surface area (Å²) in [5.41, 5.74) is 11.3. The Kier molecular flexibility index (Phi) is 4.19. The van der Waals surface area contributed by atoms with Gasteiger partial charge in [-0.3, -0.25) is 0 Å². The largest absolute Gasteiger partial charge is 0.380 e. The van der Waals surface area contributed by atoms with E-state index in [2.05, 4.69) is 15.0 Å². The number of nitrogen functional groups attached to an aromatic ring is 1. The number of rotatable bonds is 2. The second-order valence-corrected chi connectivity index (χ2v) is 4.28. The van der Waals surface area contributed by atoms with Crippen LogP contribution in [0.15, 0.2) is 4.99 Å². The van der Waals surface area contributed by atoms with Crippen LogP contribution in [-0.2, 0) is 0 Å². The average molecular weight is 261 g/mol. The predicted molar refractivity (Wildman–Crippen MR) is 70.6 cm³/mol. The molecule has 0 saturated heterocycles. The molecular formula is C8H13ClN6S. The highest BCUT2D eigenvalue weighted by Crippen LogP contribution is 2.27. The fourth-order valence-electron chi connectivity index (χ4n) is 0.927. The summed E-state index contributed by atoms with van der Waals surface area (Å²) in [6, 6.07) is 0. The lowest BCUT2D eigenvalue weighted by Crippen LogP contribution is -2.13. The highest BCUT2D eigenvalue weighted by molar-refractivity contribution is 8.13. The molecule has 0 unspecified atom stereocenters. The quantitative estimate of drug-likeness (QED) is 0.611. The third kappa shape index (κ3) is 2.89. The van der Waals surface area contributed by atoms with Crippen LogP contribution >= 0.6 is 23.4 Å². The molecule has 1 aromatic rings. The highest BCUT2D eigenvalue weighted by Gasteiger charge is 2.11. The van der Waals surface area contributed by atoms with Gasteiger partial charge in [-0.15, -0.1) is 0 Å². The lowest BCUT2D eigenvalue weighted by atomic mass is 10.5. The van der Waals surface area contributed by atoms with Crippen LogP contribution in [0.2, 0.25) is 5.15 Å². The molecule has 88 valence electrons. The number of halogens is 1. The molecule has 1 rings (SSSR count). The smallest absolute Gasteiger partial charge is 0.199 e. The van der Waals surface area contributed by atoms with E-state index in [1.807, 2.05) is 0 Å². The minimum atomic E-state index is 0.199. The first-order valence-corrected chi connectivity index (χ1v) is 5.94. The van der Waals surface area contributed by atoms with E-state index < -0.39 is 0 Å². The Labute approximate surface area is 103 Å². The first kappa shape index (κ1) is 12.9. The predicted octanol–water partition coefficient (Wildman–Crippen LogP) is 1.09. The number of aromatic nitrogens is 2. The molecule has 0 aliphatic carbocycles. The van der Waals surface area contributed by atoms with Gasteiger partial charge in [-0.05, 0) is 6.26 Å². The van der Waals surface area contributed by atoms with E-state index in [1.54, 1.807) is 25.3 Å². The van der Waals surface area contributed by atoms with Crippen molar-refractivity contribution in [3.05, 3.63) is 5.15 Å². The zero-order valence-electron chi connectivity index (χ0n) is 9.23. The zero-order valence-corrected chi connectivity index (χ0v) is 10.8.